The molecule has 10 aromatic rings. The summed E-state index contributed by atoms with van der Waals surface area (Å²) < 4.78 is 4.47. The van der Waals surface area contributed by atoms with E-state index in [1.807, 2.05) is 0 Å². The van der Waals surface area contributed by atoms with Crippen LogP contribution in [0.25, 0.3) is 78.2 Å². The van der Waals surface area contributed by atoms with Gasteiger partial charge in [0.2, 0.25) is 0 Å². The fourth-order valence-electron chi connectivity index (χ4n) is 9.32. The number of hydrogen-bond donors (Lipinski definition) is 0. The first-order chi connectivity index (χ1) is 28.1. The van der Waals surface area contributed by atoms with Crippen molar-refractivity contribution in [1.82, 2.24) is 19.1 Å². The zero-order valence-corrected chi connectivity index (χ0v) is 31.8. The van der Waals surface area contributed by atoms with Crippen molar-refractivity contribution in [2.75, 3.05) is 0 Å². The number of fused-ring (bicyclic) bond motifs is 5. The summed E-state index contributed by atoms with van der Waals surface area (Å²) in [5, 5.41) is 0. The number of imidazole rings is 2. The van der Waals surface area contributed by atoms with Crippen LogP contribution in [0.4, 0.5) is 0 Å². The summed E-state index contributed by atoms with van der Waals surface area (Å²) in [5.74, 6) is 1.88. The average Bonchev–Trinajstić information content (AvgIpc) is 3.91. The third kappa shape index (κ3) is 5.07. The van der Waals surface area contributed by atoms with Crippen LogP contribution in [0.5, 0.6) is 0 Å². The maximum Gasteiger partial charge on any atom is 0.140 e. The van der Waals surface area contributed by atoms with Gasteiger partial charge < -0.3 is 9.13 Å². The smallest absolute Gasteiger partial charge is 0.140 e. The molecule has 8 aromatic carbocycles. The molecule has 0 saturated carbocycles. The number of aromatic nitrogens is 4. The van der Waals surface area contributed by atoms with Crippen LogP contribution < -0.4 is 0 Å². The molecule has 0 atom stereocenters. The highest BCUT2D eigenvalue weighted by molar-refractivity contribution is 5.90. The largest absolute Gasteiger partial charge is 0.327 e. The van der Waals surface area contributed by atoms with Crippen molar-refractivity contribution in [1.29, 1.82) is 0 Å². The molecule has 1 aliphatic carbocycles. The molecule has 1 aliphatic rings. The van der Waals surface area contributed by atoms with Gasteiger partial charge in [-0.3, -0.25) is 0 Å². The molecule has 0 unspecified atom stereocenters. The lowest BCUT2D eigenvalue weighted by Crippen LogP contribution is -2.28. The van der Waals surface area contributed by atoms with Crippen LogP contribution in [-0.4, -0.2) is 19.1 Å². The summed E-state index contributed by atoms with van der Waals surface area (Å²) in [6.07, 6.45) is 0. The molecule has 11 rings (SSSR count). The van der Waals surface area contributed by atoms with E-state index in [-0.39, 0.29) is 0 Å². The van der Waals surface area contributed by atoms with Crippen LogP contribution in [0.1, 0.15) is 22.3 Å². The van der Waals surface area contributed by atoms with Crippen LogP contribution in [0.3, 0.4) is 0 Å². The highest BCUT2D eigenvalue weighted by Crippen LogP contribution is 2.56. The van der Waals surface area contributed by atoms with Gasteiger partial charge in [0, 0.05) is 25.2 Å². The molecule has 0 saturated heterocycles. The Morgan fingerprint density at radius 2 is 0.754 bits per heavy atom. The van der Waals surface area contributed by atoms with Crippen LogP contribution in [0.15, 0.2) is 194 Å². The predicted octanol–water partition coefficient (Wildman–Crippen LogP) is 12.5. The van der Waals surface area contributed by atoms with Crippen molar-refractivity contribution < 1.29 is 0 Å². The van der Waals surface area contributed by atoms with E-state index in [1.165, 1.54) is 55.6 Å². The third-order valence-electron chi connectivity index (χ3n) is 12.0. The molecule has 4 nitrogen and oxygen atoms in total. The minimum atomic E-state index is -0.588. The zero-order chi connectivity index (χ0) is 38.1. The standard InChI is InChI=1S/C53H38N4/c1-56-49-33-37(35-15-5-3-6-16-35)27-29-47(49)54-51(56)39-19-13-21-41(31-39)53(45-25-11-9-23-43(45)44-24-10-12-26-46(44)53)42-22-14-20-40(32-42)52-55-48-30-28-38(34-50(48)57(52)2)36-17-7-4-8-18-36/h3-34H,1-2H3. The molecule has 4 heteroatoms. The quantitative estimate of drug-likeness (QED) is 0.171. The van der Waals surface area contributed by atoms with Gasteiger partial charge in [-0.15, -0.1) is 0 Å². The van der Waals surface area contributed by atoms with Crippen LogP contribution in [0, 0.1) is 0 Å². The second kappa shape index (κ2) is 12.9. The first kappa shape index (κ1) is 33.1. The summed E-state index contributed by atoms with van der Waals surface area (Å²) in [5.41, 5.74) is 18.0. The van der Waals surface area contributed by atoms with Crippen molar-refractivity contribution in [2.45, 2.75) is 5.41 Å². The summed E-state index contributed by atoms with van der Waals surface area (Å²) in [6.45, 7) is 0. The zero-order valence-electron chi connectivity index (χ0n) is 31.8. The Hall–Kier alpha value is -7.30. The van der Waals surface area contributed by atoms with E-state index < -0.39 is 5.41 Å². The number of aryl methyl sites for hydroxylation is 2. The number of hydrogen-bond acceptors (Lipinski definition) is 2. The van der Waals surface area contributed by atoms with Crippen LogP contribution >= 0.6 is 0 Å². The average molecular weight is 731 g/mol. The van der Waals surface area contributed by atoms with E-state index in [0.717, 1.165) is 44.8 Å². The van der Waals surface area contributed by atoms with E-state index in [4.69, 9.17) is 9.97 Å². The lowest BCUT2D eigenvalue weighted by Gasteiger charge is -2.34. The molecule has 0 aliphatic heterocycles. The monoisotopic (exact) mass is 730 g/mol. The molecule has 0 amide bonds. The highest BCUT2D eigenvalue weighted by Gasteiger charge is 2.46. The molecular weight excluding hydrogens is 693 g/mol. The predicted molar refractivity (Wildman–Crippen MR) is 234 cm³/mol. The van der Waals surface area contributed by atoms with Crippen LogP contribution in [-0.2, 0) is 19.5 Å². The fourth-order valence-corrected chi connectivity index (χ4v) is 9.32. The van der Waals surface area contributed by atoms with Gasteiger partial charge in [-0.25, -0.2) is 9.97 Å². The van der Waals surface area contributed by atoms with Gasteiger partial charge in [0.05, 0.1) is 27.5 Å². The second-order valence-corrected chi connectivity index (χ2v) is 15.1. The number of rotatable bonds is 6. The Labute approximate surface area is 332 Å². The molecule has 0 N–H and O–H groups in total. The van der Waals surface area contributed by atoms with E-state index in [9.17, 15) is 0 Å². The normalized spacial score (nSPS) is 12.9. The molecule has 57 heavy (non-hydrogen) atoms. The van der Waals surface area contributed by atoms with E-state index in [1.54, 1.807) is 0 Å². The van der Waals surface area contributed by atoms with Crippen molar-refractivity contribution in [3.63, 3.8) is 0 Å². The molecule has 0 radical (unpaired) electrons. The van der Waals surface area contributed by atoms with Gasteiger partial charge in [-0.2, -0.15) is 0 Å². The van der Waals surface area contributed by atoms with Crippen molar-refractivity contribution >= 4 is 22.1 Å². The third-order valence-corrected chi connectivity index (χ3v) is 12.0. The maximum atomic E-state index is 5.23. The van der Waals surface area contributed by atoms with E-state index in [2.05, 4.69) is 217 Å². The molecule has 2 heterocycles. The summed E-state index contributed by atoms with van der Waals surface area (Å²) in [6, 6.07) is 70.2. The minimum Gasteiger partial charge on any atom is -0.327 e. The van der Waals surface area contributed by atoms with Gasteiger partial charge in [0.1, 0.15) is 11.6 Å². The van der Waals surface area contributed by atoms with Crippen molar-refractivity contribution in [3.05, 3.63) is 216 Å². The topological polar surface area (TPSA) is 35.6 Å². The van der Waals surface area contributed by atoms with E-state index >= 15 is 0 Å². The molecule has 0 fully saturated rings. The maximum absolute atomic E-state index is 5.23. The molecule has 0 spiro atoms. The van der Waals surface area contributed by atoms with Gasteiger partial charge in [-0.1, -0.05) is 158 Å². The Kier molecular flexibility index (Phi) is 7.48. The second-order valence-electron chi connectivity index (χ2n) is 15.1. The Morgan fingerprint density at radius 1 is 0.351 bits per heavy atom. The van der Waals surface area contributed by atoms with Gasteiger partial charge in [0.15, 0.2) is 0 Å². The van der Waals surface area contributed by atoms with Gasteiger partial charge in [-0.05, 0) is 92.0 Å². The summed E-state index contributed by atoms with van der Waals surface area (Å²) in [7, 11) is 4.26. The van der Waals surface area contributed by atoms with Crippen molar-refractivity contribution in [3.8, 4) is 56.2 Å². The number of benzene rings is 8. The lowest BCUT2D eigenvalue weighted by molar-refractivity contribution is 0.768. The molecular formula is C53H38N4. The first-order valence-corrected chi connectivity index (χ1v) is 19.5. The highest BCUT2D eigenvalue weighted by atomic mass is 15.1. The Morgan fingerprint density at radius 3 is 1.21 bits per heavy atom. The van der Waals surface area contributed by atoms with E-state index in [0.29, 0.717) is 0 Å². The summed E-state index contributed by atoms with van der Waals surface area (Å²) >= 11 is 0. The van der Waals surface area contributed by atoms with Crippen LogP contribution in [0.2, 0.25) is 0 Å². The van der Waals surface area contributed by atoms with Crippen molar-refractivity contribution in [2.24, 2.45) is 14.1 Å². The SMILES string of the molecule is Cn1c(-c2cccc(C3(c4cccc(-c5nc6ccc(-c7ccccc7)cc6n5C)c4)c4ccccc4-c4ccccc43)c2)nc2ccc(-c3ccccc3)cc21. The summed E-state index contributed by atoms with van der Waals surface area (Å²) in [4.78, 5) is 10.5. The Bertz CT molecular complexity index is 2940. The molecule has 2 aromatic heterocycles. The minimum absolute atomic E-state index is 0.588. The lowest BCUT2D eigenvalue weighted by atomic mass is 9.67. The van der Waals surface area contributed by atoms with Gasteiger partial charge in [0.25, 0.3) is 0 Å². The first-order valence-electron chi connectivity index (χ1n) is 19.5. The fraction of sp³-hybridized carbons (Fsp3) is 0.0566. The Balaban J connectivity index is 1.10. The number of nitrogens with zero attached hydrogens (tertiary/aromatic N) is 4. The molecule has 270 valence electrons. The van der Waals surface area contributed by atoms with Gasteiger partial charge >= 0.3 is 0 Å². The molecule has 0 bridgehead atoms.